The van der Waals surface area contributed by atoms with Crippen molar-refractivity contribution < 1.29 is 4.42 Å². The Hall–Kier alpha value is -1.59. The van der Waals surface area contributed by atoms with E-state index in [-0.39, 0.29) is 12.1 Å². The lowest BCUT2D eigenvalue weighted by molar-refractivity contribution is 0.427. The number of nitrogens with one attached hydrogen (secondary N) is 2. The number of nitrogens with zero attached hydrogens (tertiary/aromatic N) is 2. The maximum absolute atomic E-state index is 5.88. The highest BCUT2D eigenvalue weighted by Crippen LogP contribution is 2.21. The molecular weight excluding hydrogens is 276 g/mol. The third kappa shape index (κ3) is 3.71. The highest BCUT2D eigenvalue weighted by atomic mass is 35.5. The molecule has 5 nitrogen and oxygen atoms in total. The highest BCUT2D eigenvalue weighted by molar-refractivity contribution is 6.30. The van der Waals surface area contributed by atoms with Gasteiger partial charge in [0.1, 0.15) is 0 Å². The van der Waals surface area contributed by atoms with Crippen molar-refractivity contribution >= 4 is 17.6 Å². The number of anilines is 1. The number of hydrogen-bond donors (Lipinski definition) is 2. The van der Waals surface area contributed by atoms with Crippen LogP contribution in [0.5, 0.6) is 0 Å². The van der Waals surface area contributed by atoms with E-state index >= 15 is 0 Å². The summed E-state index contributed by atoms with van der Waals surface area (Å²) >= 11 is 5.88. The molecular formula is C14H19ClN4O. The zero-order chi connectivity index (χ0) is 14.5. The molecule has 6 heteroatoms. The van der Waals surface area contributed by atoms with E-state index in [2.05, 4.69) is 20.8 Å². The topological polar surface area (TPSA) is 63.0 Å². The van der Waals surface area contributed by atoms with Crippen molar-refractivity contribution in [3.63, 3.8) is 0 Å². The lowest BCUT2D eigenvalue weighted by Gasteiger charge is -2.12. The summed E-state index contributed by atoms with van der Waals surface area (Å²) in [7, 11) is 0. The van der Waals surface area contributed by atoms with Crippen LogP contribution in [-0.4, -0.2) is 16.7 Å². The molecule has 0 aliphatic rings. The van der Waals surface area contributed by atoms with Gasteiger partial charge < -0.3 is 15.1 Å². The van der Waals surface area contributed by atoms with Crippen molar-refractivity contribution in [2.75, 3.05) is 11.9 Å². The molecule has 0 bridgehead atoms. The molecule has 0 fully saturated rings. The molecule has 20 heavy (non-hydrogen) atoms. The van der Waals surface area contributed by atoms with Gasteiger partial charge in [-0.3, -0.25) is 0 Å². The van der Waals surface area contributed by atoms with E-state index in [9.17, 15) is 0 Å². The first-order valence-electron chi connectivity index (χ1n) is 6.69. The first-order valence-corrected chi connectivity index (χ1v) is 7.06. The zero-order valence-electron chi connectivity index (χ0n) is 11.9. The van der Waals surface area contributed by atoms with Crippen LogP contribution in [0, 0.1) is 0 Å². The molecule has 1 aromatic carbocycles. The molecule has 0 amide bonds. The highest BCUT2D eigenvalue weighted by Gasteiger charge is 2.14. The molecule has 108 valence electrons. The van der Waals surface area contributed by atoms with Gasteiger partial charge in [0.2, 0.25) is 5.89 Å². The minimum Gasteiger partial charge on any atom is -0.406 e. The van der Waals surface area contributed by atoms with E-state index < -0.39 is 0 Å². The Morgan fingerprint density at radius 1 is 1.15 bits per heavy atom. The molecule has 1 heterocycles. The molecule has 2 unspecified atom stereocenters. The van der Waals surface area contributed by atoms with Crippen LogP contribution >= 0.6 is 11.6 Å². The summed E-state index contributed by atoms with van der Waals surface area (Å²) in [4.78, 5) is 0. The molecule has 0 saturated carbocycles. The summed E-state index contributed by atoms with van der Waals surface area (Å²) in [6.45, 7) is 6.91. The van der Waals surface area contributed by atoms with Gasteiger partial charge in [-0.1, -0.05) is 35.8 Å². The third-order valence-electron chi connectivity index (χ3n) is 3.03. The van der Waals surface area contributed by atoms with Gasteiger partial charge in [-0.05, 0) is 38.1 Å². The lowest BCUT2D eigenvalue weighted by atomic mass is 10.1. The normalized spacial score (nSPS) is 14.0. The summed E-state index contributed by atoms with van der Waals surface area (Å²) in [6.07, 6.45) is 0. The molecule has 2 atom stereocenters. The molecule has 0 spiro atoms. The second-order valence-corrected chi connectivity index (χ2v) is 5.08. The van der Waals surface area contributed by atoms with E-state index in [0.29, 0.717) is 11.9 Å². The van der Waals surface area contributed by atoms with Crippen LogP contribution in [-0.2, 0) is 0 Å². The van der Waals surface area contributed by atoms with E-state index in [1.54, 1.807) is 0 Å². The smallest absolute Gasteiger partial charge is 0.315 e. The molecule has 0 saturated heterocycles. The van der Waals surface area contributed by atoms with E-state index in [1.807, 2.05) is 45.0 Å². The fourth-order valence-corrected chi connectivity index (χ4v) is 2.01. The van der Waals surface area contributed by atoms with Crippen molar-refractivity contribution in [1.29, 1.82) is 0 Å². The van der Waals surface area contributed by atoms with E-state index in [1.165, 1.54) is 0 Å². The molecule has 2 N–H and O–H groups in total. The largest absolute Gasteiger partial charge is 0.406 e. The molecule has 2 aromatic rings. The summed E-state index contributed by atoms with van der Waals surface area (Å²) in [5.74, 6) is 0.581. The van der Waals surface area contributed by atoms with E-state index in [4.69, 9.17) is 16.0 Å². The monoisotopic (exact) mass is 294 g/mol. The average molecular weight is 295 g/mol. The number of rotatable bonds is 6. The summed E-state index contributed by atoms with van der Waals surface area (Å²) in [5.41, 5.74) is 1.11. The number of halogens is 1. The zero-order valence-corrected chi connectivity index (χ0v) is 12.6. The standard InChI is InChI=1S/C14H19ClN4O/c1-4-16-10(3)13-18-19-14(20-13)17-9(2)11-5-7-12(15)8-6-11/h5-10,16H,4H2,1-3H3,(H,17,19). The van der Waals surface area contributed by atoms with E-state index in [0.717, 1.165) is 17.1 Å². The Balaban J connectivity index is 2.01. The van der Waals surface area contributed by atoms with Gasteiger partial charge in [0.15, 0.2) is 0 Å². The third-order valence-corrected chi connectivity index (χ3v) is 3.28. The molecule has 0 aliphatic heterocycles. The molecule has 2 rings (SSSR count). The van der Waals surface area contributed by atoms with Gasteiger partial charge in [0.25, 0.3) is 0 Å². The molecule has 0 aliphatic carbocycles. The van der Waals surface area contributed by atoms with Gasteiger partial charge in [-0.25, -0.2) is 0 Å². The van der Waals surface area contributed by atoms with Crippen LogP contribution in [0.3, 0.4) is 0 Å². The molecule has 0 radical (unpaired) electrons. The van der Waals surface area contributed by atoms with Gasteiger partial charge in [-0.15, -0.1) is 5.10 Å². The minimum absolute atomic E-state index is 0.0499. The van der Waals surface area contributed by atoms with Crippen LogP contribution in [0.25, 0.3) is 0 Å². The molecule has 1 aromatic heterocycles. The Bertz CT molecular complexity index is 540. The maximum Gasteiger partial charge on any atom is 0.315 e. The number of benzene rings is 1. The maximum atomic E-state index is 5.88. The Kier molecular flexibility index (Phi) is 4.98. The SMILES string of the molecule is CCNC(C)c1nnc(NC(C)c2ccc(Cl)cc2)o1. The second-order valence-electron chi connectivity index (χ2n) is 4.64. The average Bonchev–Trinajstić information content (AvgIpc) is 2.88. The quantitative estimate of drug-likeness (QED) is 0.853. The fourth-order valence-electron chi connectivity index (χ4n) is 1.88. The summed E-state index contributed by atoms with van der Waals surface area (Å²) in [6, 6.07) is 8.20. The summed E-state index contributed by atoms with van der Waals surface area (Å²) in [5, 5.41) is 15.2. The first-order chi connectivity index (χ1) is 9.60. The first kappa shape index (κ1) is 14.8. The Labute approximate surface area is 123 Å². The van der Waals surface area contributed by atoms with Crippen LogP contribution in [0.4, 0.5) is 6.01 Å². The van der Waals surface area contributed by atoms with Crippen LogP contribution in [0.15, 0.2) is 28.7 Å². The lowest BCUT2D eigenvalue weighted by Crippen LogP contribution is -2.17. The van der Waals surface area contributed by atoms with Gasteiger partial charge in [0.05, 0.1) is 12.1 Å². The van der Waals surface area contributed by atoms with Crippen molar-refractivity contribution in [2.24, 2.45) is 0 Å². The van der Waals surface area contributed by atoms with Gasteiger partial charge >= 0.3 is 6.01 Å². The Morgan fingerprint density at radius 3 is 2.50 bits per heavy atom. The Morgan fingerprint density at radius 2 is 1.85 bits per heavy atom. The van der Waals surface area contributed by atoms with Crippen molar-refractivity contribution in [2.45, 2.75) is 32.9 Å². The van der Waals surface area contributed by atoms with Gasteiger partial charge in [0, 0.05) is 5.02 Å². The van der Waals surface area contributed by atoms with Crippen LogP contribution in [0.2, 0.25) is 5.02 Å². The summed E-state index contributed by atoms with van der Waals surface area (Å²) < 4.78 is 5.59. The predicted molar refractivity (Wildman–Crippen MR) is 79.9 cm³/mol. The second kappa shape index (κ2) is 6.72. The van der Waals surface area contributed by atoms with Gasteiger partial charge in [-0.2, -0.15) is 0 Å². The minimum atomic E-state index is 0.0499. The number of aromatic nitrogens is 2. The fraction of sp³-hybridized carbons (Fsp3) is 0.429. The van der Waals surface area contributed by atoms with Crippen molar-refractivity contribution in [3.8, 4) is 0 Å². The van der Waals surface area contributed by atoms with Crippen LogP contribution in [0.1, 0.15) is 44.3 Å². The van der Waals surface area contributed by atoms with Crippen molar-refractivity contribution in [3.05, 3.63) is 40.7 Å². The van der Waals surface area contributed by atoms with Crippen molar-refractivity contribution in [1.82, 2.24) is 15.5 Å². The number of hydrogen-bond acceptors (Lipinski definition) is 5. The van der Waals surface area contributed by atoms with Crippen LogP contribution < -0.4 is 10.6 Å². The predicted octanol–water partition coefficient (Wildman–Crippen LogP) is 3.57.